The summed E-state index contributed by atoms with van der Waals surface area (Å²) in [4.78, 5) is 31.6. The van der Waals surface area contributed by atoms with Gasteiger partial charge >= 0.3 is 0 Å². The number of carbonyl (C=O) groups excluding carboxylic acids is 1. The molecule has 9 heteroatoms. The van der Waals surface area contributed by atoms with Gasteiger partial charge in [-0.05, 0) is 58.1 Å². The topological polar surface area (TPSA) is 95.6 Å². The van der Waals surface area contributed by atoms with E-state index in [0.717, 1.165) is 56.7 Å². The highest BCUT2D eigenvalue weighted by Crippen LogP contribution is 2.37. The molecule has 0 spiro atoms. The maximum absolute atomic E-state index is 12.3. The van der Waals surface area contributed by atoms with Gasteiger partial charge in [0.1, 0.15) is 22.2 Å². The molecule has 3 aromatic heterocycles. The highest BCUT2D eigenvalue weighted by molar-refractivity contribution is 7.98. The first kappa shape index (κ1) is 24.2. The van der Waals surface area contributed by atoms with Gasteiger partial charge in [-0.25, -0.2) is 15.0 Å². The van der Waals surface area contributed by atoms with Gasteiger partial charge in [0, 0.05) is 27.3 Å². The number of amides is 1. The van der Waals surface area contributed by atoms with Gasteiger partial charge in [-0.1, -0.05) is 13.8 Å². The molecule has 3 N–H and O–H groups in total. The largest absolute Gasteiger partial charge is 0.353 e. The molecule has 0 saturated heterocycles. The maximum Gasteiger partial charge on any atom is 0.228 e. The Bertz CT molecular complexity index is 1320. The zero-order valence-corrected chi connectivity index (χ0v) is 22.0. The number of thioether (sulfide) groups is 1. The van der Waals surface area contributed by atoms with Crippen LogP contribution in [-0.2, 0) is 4.79 Å². The van der Waals surface area contributed by atoms with Crippen molar-refractivity contribution in [2.45, 2.75) is 52.4 Å². The summed E-state index contributed by atoms with van der Waals surface area (Å²) < 4.78 is 0. The summed E-state index contributed by atoms with van der Waals surface area (Å²) >= 11 is 3.39. The summed E-state index contributed by atoms with van der Waals surface area (Å²) in [6.45, 7) is 10.0. The third kappa shape index (κ3) is 5.10. The minimum atomic E-state index is 0.0262. The van der Waals surface area contributed by atoms with E-state index >= 15 is 0 Å². The lowest BCUT2D eigenvalue weighted by Gasteiger charge is -2.14. The minimum absolute atomic E-state index is 0.0262. The van der Waals surface area contributed by atoms with E-state index in [-0.39, 0.29) is 11.8 Å². The zero-order valence-electron chi connectivity index (χ0n) is 20.4. The number of nitrogens with zero attached hydrogens (tertiary/aromatic N) is 3. The quantitative estimate of drug-likeness (QED) is 0.254. The fourth-order valence-electron chi connectivity index (χ4n) is 3.51. The number of nitrogens with one attached hydrogen (secondary N) is 3. The number of rotatable bonds is 6. The number of pyridine rings is 1. The van der Waals surface area contributed by atoms with Crippen LogP contribution in [0, 0.1) is 26.7 Å². The third-order valence-electron chi connectivity index (χ3n) is 5.53. The Morgan fingerprint density at radius 3 is 2.50 bits per heavy atom. The van der Waals surface area contributed by atoms with Gasteiger partial charge in [-0.2, -0.15) is 0 Å². The molecule has 0 aliphatic heterocycles. The first-order valence-electron chi connectivity index (χ1n) is 11.5. The molecular weight excluding hydrogens is 464 g/mol. The first-order chi connectivity index (χ1) is 16.4. The number of hydrogen-bond acceptors (Lipinski definition) is 7. The normalized spacial score (nSPS) is 12.9. The summed E-state index contributed by atoms with van der Waals surface area (Å²) in [5.41, 5.74) is 5.38. The van der Waals surface area contributed by atoms with Crippen molar-refractivity contribution in [1.29, 1.82) is 0 Å². The third-order valence-corrected chi connectivity index (χ3v) is 7.43. The van der Waals surface area contributed by atoms with Crippen LogP contribution in [0.4, 0.5) is 17.2 Å². The lowest BCUT2D eigenvalue weighted by molar-refractivity contribution is -0.117. The second-order valence-electron chi connectivity index (χ2n) is 8.04. The number of aromatic nitrogens is 4. The van der Waals surface area contributed by atoms with E-state index in [9.17, 15) is 4.79 Å². The molecule has 1 aliphatic rings. The number of hydrogen-bond donors (Lipinski definition) is 3. The van der Waals surface area contributed by atoms with Gasteiger partial charge < -0.3 is 15.6 Å². The molecule has 178 valence electrons. The van der Waals surface area contributed by atoms with Crippen molar-refractivity contribution in [3.05, 3.63) is 40.7 Å². The van der Waals surface area contributed by atoms with Crippen molar-refractivity contribution < 1.29 is 4.79 Å². The summed E-state index contributed by atoms with van der Waals surface area (Å²) in [6.07, 6.45) is 3.96. The number of anilines is 3. The number of benzene rings is 1. The van der Waals surface area contributed by atoms with Gasteiger partial charge in [-0.3, -0.25) is 4.79 Å². The number of imidazole rings is 1. The van der Waals surface area contributed by atoms with Crippen molar-refractivity contribution in [2.75, 3.05) is 16.9 Å². The lowest BCUT2D eigenvalue weighted by Crippen LogP contribution is -2.14. The van der Waals surface area contributed by atoms with Crippen LogP contribution in [0.15, 0.2) is 29.2 Å². The molecule has 1 aliphatic carbocycles. The van der Waals surface area contributed by atoms with Gasteiger partial charge in [-0.15, -0.1) is 23.1 Å². The van der Waals surface area contributed by atoms with E-state index in [4.69, 9.17) is 4.98 Å². The Kier molecular flexibility index (Phi) is 7.23. The predicted octanol–water partition coefficient (Wildman–Crippen LogP) is 6.85. The van der Waals surface area contributed by atoms with Crippen molar-refractivity contribution >= 4 is 57.4 Å². The number of fused-ring (bicyclic) bond motifs is 1. The molecule has 7 nitrogen and oxygen atoms in total. The molecule has 1 saturated carbocycles. The summed E-state index contributed by atoms with van der Waals surface area (Å²) in [6, 6.07) is 8.19. The Labute approximate surface area is 208 Å². The summed E-state index contributed by atoms with van der Waals surface area (Å²) in [5, 5.41) is 7.51. The van der Waals surface area contributed by atoms with E-state index in [1.54, 1.807) is 23.1 Å². The highest BCUT2D eigenvalue weighted by atomic mass is 32.2. The second kappa shape index (κ2) is 10.1. The molecule has 4 aromatic rings. The summed E-state index contributed by atoms with van der Waals surface area (Å²) in [5.74, 6) is 1.42. The first-order valence-corrected chi connectivity index (χ1v) is 13.5. The average molecular weight is 495 g/mol. The molecule has 0 radical (unpaired) electrons. The van der Waals surface area contributed by atoms with Crippen LogP contribution in [0.1, 0.15) is 43.1 Å². The van der Waals surface area contributed by atoms with Crippen LogP contribution < -0.4 is 10.6 Å². The highest BCUT2D eigenvalue weighted by Gasteiger charge is 2.30. The molecule has 1 amide bonds. The van der Waals surface area contributed by atoms with Crippen molar-refractivity contribution in [2.24, 2.45) is 5.92 Å². The Balaban J connectivity index is 0.00000133. The van der Waals surface area contributed by atoms with E-state index in [1.165, 1.54) is 4.88 Å². The number of carbonyl (C=O) groups is 1. The molecule has 0 atom stereocenters. The minimum Gasteiger partial charge on any atom is -0.353 e. The number of thiazole rings is 1. The van der Waals surface area contributed by atoms with Crippen molar-refractivity contribution in [1.82, 2.24) is 19.9 Å². The van der Waals surface area contributed by atoms with Crippen LogP contribution in [-0.4, -0.2) is 32.1 Å². The number of aromatic amines is 1. The second-order valence-corrected chi connectivity index (χ2v) is 10.1. The Morgan fingerprint density at radius 1 is 1.09 bits per heavy atom. The average Bonchev–Trinajstić information content (AvgIpc) is 3.54. The van der Waals surface area contributed by atoms with Gasteiger partial charge in [0.2, 0.25) is 5.91 Å². The van der Waals surface area contributed by atoms with E-state index < -0.39 is 0 Å². The van der Waals surface area contributed by atoms with Crippen LogP contribution in [0.5, 0.6) is 0 Å². The smallest absolute Gasteiger partial charge is 0.228 e. The molecule has 5 rings (SSSR count). The Morgan fingerprint density at radius 2 is 1.85 bits per heavy atom. The number of H-pyrrole nitrogens is 1. The van der Waals surface area contributed by atoms with Crippen LogP contribution in [0.25, 0.3) is 21.7 Å². The number of aryl methyl sites for hydroxylation is 3. The molecule has 1 fully saturated rings. The van der Waals surface area contributed by atoms with E-state index in [0.29, 0.717) is 11.5 Å². The standard InChI is InChI=1S/C23H24N6OS2.C2H6/c1-11-12(2)32-23(24-11)15-7-8-16(18(9-15)31-4)27-17-10-19(29-22(30)14-5-6-14)28-21-20(17)25-13(3)26-21;1-2/h7-10,14H,5-6H2,1-4H3,(H3,25,26,27,28,29,30);1-2H3. The van der Waals surface area contributed by atoms with Crippen LogP contribution in [0.3, 0.4) is 0 Å². The zero-order chi connectivity index (χ0) is 24.4. The molecule has 1 aromatic carbocycles. The van der Waals surface area contributed by atoms with Gasteiger partial charge in [0.15, 0.2) is 5.65 Å². The SMILES string of the molecule is CC.CSc1cc(-c2nc(C)c(C)s2)ccc1Nc1cc(NC(=O)C2CC2)nc2nc(C)[nH]c12. The van der Waals surface area contributed by atoms with E-state index in [2.05, 4.69) is 57.0 Å². The van der Waals surface area contributed by atoms with Crippen LogP contribution >= 0.6 is 23.1 Å². The van der Waals surface area contributed by atoms with Crippen LogP contribution in [0.2, 0.25) is 0 Å². The molecule has 0 bridgehead atoms. The monoisotopic (exact) mass is 494 g/mol. The molecule has 0 unspecified atom stereocenters. The summed E-state index contributed by atoms with van der Waals surface area (Å²) in [7, 11) is 0. The predicted molar refractivity (Wildman–Crippen MR) is 143 cm³/mol. The fraction of sp³-hybridized carbons (Fsp3) is 0.360. The maximum atomic E-state index is 12.3. The van der Waals surface area contributed by atoms with Gasteiger partial charge in [0.05, 0.1) is 17.1 Å². The van der Waals surface area contributed by atoms with Gasteiger partial charge in [0.25, 0.3) is 0 Å². The van der Waals surface area contributed by atoms with E-state index in [1.807, 2.05) is 33.8 Å². The molecular formula is C25H30N6OS2. The van der Waals surface area contributed by atoms with Crippen molar-refractivity contribution in [3.8, 4) is 10.6 Å². The lowest BCUT2D eigenvalue weighted by atomic mass is 10.2. The molecule has 3 heterocycles. The Hall–Kier alpha value is -2.91. The van der Waals surface area contributed by atoms with Crippen molar-refractivity contribution in [3.63, 3.8) is 0 Å². The fourth-order valence-corrected chi connectivity index (χ4v) is 5.00. The molecule has 34 heavy (non-hydrogen) atoms.